The van der Waals surface area contributed by atoms with Gasteiger partial charge in [0.25, 0.3) is 0 Å². The Kier molecular flexibility index (Phi) is 13.9. The van der Waals surface area contributed by atoms with Crippen molar-refractivity contribution in [3.05, 3.63) is 22.7 Å². The zero-order chi connectivity index (χ0) is 24.8. The summed E-state index contributed by atoms with van der Waals surface area (Å²) in [5.74, 6) is -4.12. The monoisotopic (exact) mass is 455 g/mol. The van der Waals surface area contributed by atoms with Crippen LogP contribution < -0.4 is 0 Å². The number of unbranched alkanes of at least 4 members (excludes halogenated alkanes) is 6. The number of carbonyl (C=O) groups is 4. The molecule has 1 aliphatic rings. The number of carboxylic acids is 2. The molecular formula is C23H37NO8. The number of ether oxygens (including phenoxy) is 2. The molecule has 0 amide bonds. The maximum atomic E-state index is 12.9. The number of methoxy groups -OCH3 is 2. The van der Waals surface area contributed by atoms with Crippen LogP contribution in [0.4, 0.5) is 0 Å². The van der Waals surface area contributed by atoms with Crippen LogP contribution in [0.1, 0.15) is 65.2 Å². The summed E-state index contributed by atoms with van der Waals surface area (Å²) in [5, 5.41) is 14.8. The molecule has 0 bridgehead atoms. The van der Waals surface area contributed by atoms with Gasteiger partial charge in [-0.1, -0.05) is 51.9 Å². The van der Waals surface area contributed by atoms with Crippen molar-refractivity contribution in [2.45, 2.75) is 71.3 Å². The molecule has 0 saturated carbocycles. The molecule has 1 aliphatic carbocycles. The molecule has 1 rings (SSSR count). The molecule has 1 atom stereocenters. The predicted molar refractivity (Wildman–Crippen MR) is 119 cm³/mol. The Bertz CT molecular complexity index is 724. The first-order chi connectivity index (χ1) is 15.0. The van der Waals surface area contributed by atoms with Crippen molar-refractivity contribution < 1.29 is 38.9 Å². The molecule has 0 aromatic carbocycles. The molecule has 9 nitrogen and oxygen atoms in total. The molecule has 32 heavy (non-hydrogen) atoms. The Hall–Kier alpha value is -2.68. The molecule has 9 heteroatoms. The molecule has 0 aliphatic heterocycles. The van der Waals surface area contributed by atoms with Gasteiger partial charge < -0.3 is 24.6 Å². The topological polar surface area (TPSA) is 130 Å². The van der Waals surface area contributed by atoms with Gasteiger partial charge in [0.15, 0.2) is 0 Å². The Morgan fingerprint density at radius 2 is 1.28 bits per heavy atom. The van der Waals surface area contributed by atoms with Gasteiger partial charge in [-0.25, -0.2) is 9.59 Å². The van der Waals surface area contributed by atoms with Crippen LogP contribution in [0.25, 0.3) is 0 Å². The highest BCUT2D eigenvalue weighted by atomic mass is 16.5. The summed E-state index contributed by atoms with van der Waals surface area (Å²) in [6.07, 6.45) is 9.39. The van der Waals surface area contributed by atoms with Gasteiger partial charge in [0.1, 0.15) is 0 Å². The number of ketones is 2. The van der Waals surface area contributed by atoms with Gasteiger partial charge in [-0.15, -0.1) is 0 Å². The van der Waals surface area contributed by atoms with Crippen molar-refractivity contribution in [2.75, 3.05) is 28.3 Å². The first-order valence-electron chi connectivity index (χ1n) is 10.8. The van der Waals surface area contributed by atoms with Crippen LogP contribution in [-0.4, -0.2) is 73.0 Å². The minimum absolute atomic E-state index is 0.00665. The third kappa shape index (κ3) is 8.82. The summed E-state index contributed by atoms with van der Waals surface area (Å²) < 4.78 is 10.3. The van der Waals surface area contributed by atoms with Crippen molar-refractivity contribution in [1.82, 2.24) is 4.90 Å². The van der Waals surface area contributed by atoms with Gasteiger partial charge in [0.2, 0.25) is 23.1 Å². The Balaban J connectivity index is 0.00000140. The quantitative estimate of drug-likeness (QED) is 0.259. The van der Waals surface area contributed by atoms with Crippen LogP contribution in [0.5, 0.6) is 0 Å². The van der Waals surface area contributed by atoms with Gasteiger partial charge in [0.05, 0.1) is 14.2 Å². The van der Waals surface area contributed by atoms with Gasteiger partial charge in [-0.05, 0) is 27.4 Å². The standard InChI is InChI=1S/C21H35NO4.C2H2O4/c1-7-8-9-10-11-12-13-14-16(22(3)4)17-15(2)18(23)20(25-5)21(26-6)19(17)24;3-1(4)2(5)6/h16H,7-14H2,1-6H3;(H,3,4)(H,5,6). The van der Waals surface area contributed by atoms with E-state index in [9.17, 15) is 9.59 Å². The second-order valence-corrected chi connectivity index (χ2v) is 7.76. The average Bonchev–Trinajstić information content (AvgIpc) is 2.74. The van der Waals surface area contributed by atoms with Crippen LogP contribution in [0.15, 0.2) is 22.7 Å². The van der Waals surface area contributed by atoms with Crippen LogP contribution in [0, 0.1) is 0 Å². The number of rotatable bonds is 12. The van der Waals surface area contributed by atoms with Gasteiger partial charge in [-0.2, -0.15) is 0 Å². The summed E-state index contributed by atoms with van der Waals surface area (Å²) in [6.45, 7) is 3.93. The van der Waals surface area contributed by atoms with E-state index in [1.54, 1.807) is 6.92 Å². The average molecular weight is 456 g/mol. The van der Waals surface area contributed by atoms with E-state index in [0.29, 0.717) is 11.1 Å². The molecule has 0 spiro atoms. The Morgan fingerprint density at radius 3 is 1.69 bits per heavy atom. The van der Waals surface area contributed by atoms with Crippen LogP contribution >= 0.6 is 0 Å². The Morgan fingerprint density at radius 1 is 0.844 bits per heavy atom. The van der Waals surface area contributed by atoms with E-state index in [0.717, 1.165) is 19.3 Å². The number of allylic oxidation sites excluding steroid dienone is 2. The SMILES string of the molecule is CCCCCCCCCC(C1=C(C)C(=O)C(OC)=C(OC)C1=O)N(C)C.O=C(O)C(=O)O. The van der Waals surface area contributed by atoms with E-state index in [1.807, 2.05) is 19.0 Å². The first kappa shape index (κ1) is 29.3. The number of hydrogen-bond donors (Lipinski definition) is 2. The van der Waals surface area contributed by atoms with Crippen molar-refractivity contribution in [3.8, 4) is 0 Å². The van der Waals surface area contributed by atoms with Crippen LogP contribution in [0.3, 0.4) is 0 Å². The smallest absolute Gasteiger partial charge is 0.414 e. The van der Waals surface area contributed by atoms with Crippen molar-refractivity contribution in [3.63, 3.8) is 0 Å². The molecule has 0 radical (unpaired) electrons. The third-order valence-corrected chi connectivity index (χ3v) is 5.24. The summed E-state index contributed by atoms with van der Waals surface area (Å²) in [6, 6.07) is -0.0920. The highest BCUT2D eigenvalue weighted by molar-refractivity contribution is 6.27. The van der Waals surface area contributed by atoms with Crippen LogP contribution in [0.2, 0.25) is 0 Å². The number of carboxylic acid groups (broad SMARTS) is 2. The maximum absolute atomic E-state index is 12.9. The molecule has 0 aromatic rings. The summed E-state index contributed by atoms with van der Waals surface area (Å²) in [7, 11) is 6.69. The minimum atomic E-state index is -1.82. The summed E-state index contributed by atoms with van der Waals surface area (Å²) in [4.78, 5) is 45.7. The molecular weight excluding hydrogens is 418 g/mol. The fourth-order valence-electron chi connectivity index (χ4n) is 3.52. The fourth-order valence-corrected chi connectivity index (χ4v) is 3.52. The molecule has 0 fully saturated rings. The number of carbonyl (C=O) groups excluding carboxylic acids is 2. The van der Waals surface area contributed by atoms with E-state index in [1.165, 1.54) is 46.3 Å². The van der Waals surface area contributed by atoms with E-state index >= 15 is 0 Å². The number of aliphatic carboxylic acids is 2. The van der Waals surface area contributed by atoms with Crippen molar-refractivity contribution in [1.29, 1.82) is 0 Å². The second-order valence-electron chi connectivity index (χ2n) is 7.76. The van der Waals surface area contributed by atoms with Crippen LogP contribution in [-0.2, 0) is 28.7 Å². The lowest BCUT2D eigenvalue weighted by Crippen LogP contribution is -2.38. The first-order valence-corrected chi connectivity index (χ1v) is 10.8. The lowest BCUT2D eigenvalue weighted by molar-refractivity contribution is -0.159. The highest BCUT2D eigenvalue weighted by Gasteiger charge is 2.38. The molecule has 182 valence electrons. The van der Waals surface area contributed by atoms with Gasteiger partial charge >= 0.3 is 11.9 Å². The summed E-state index contributed by atoms with van der Waals surface area (Å²) in [5.41, 5.74) is 1.01. The van der Waals surface area contributed by atoms with E-state index in [-0.39, 0.29) is 29.1 Å². The van der Waals surface area contributed by atoms with E-state index < -0.39 is 11.9 Å². The van der Waals surface area contributed by atoms with Gasteiger partial charge in [0, 0.05) is 17.2 Å². The molecule has 2 N–H and O–H groups in total. The van der Waals surface area contributed by atoms with E-state index in [4.69, 9.17) is 29.3 Å². The number of nitrogens with zero attached hydrogens (tertiary/aromatic N) is 1. The molecule has 0 aromatic heterocycles. The largest absolute Gasteiger partial charge is 0.489 e. The lowest BCUT2D eigenvalue weighted by Gasteiger charge is -2.30. The van der Waals surface area contributed by atoms with Crippen molar-refractivity contribution >= 4 is 23.5 Å². The zero-order valence-corrected chi connectivity index (χ0v) is 20.0. The molecule has 1 unspecified atom stereocenters. The van der Waals surface area contributed by atoms with Crippen molar-refractivity contribution in [2.24, 2.45) is 0 Å². The highest BCUT2D eigenvalue weighted by Crippen LogP contribution is 2.30. The molecule has 0 saturated heterocycles. The van der Waals surface area contributed by atoms with E-state index in [2.05, 4.69) is 6.92 Å². The number of Topliss-reactive ketones (excluding diaryl/α,β-unsaturated/α-hetero) is 2. The third-order valence-electron chi connectivity index (χ3n) is 5.24. The maximum Gasteiger partial charge on any atom is 0.414 e. The second kappa shape index (κ2) is 15.2. The van der Waals surface area contributed by atoms with Gasteiger partial charge in [-0.3, -0.25) is 9.59 Å². The predicted octanol–water partition coefficient (Wildman–Crippen LogP) is 3.19. The normalized spacial score (nSPS) is 14.8. The Labute approximate surface area is 190 Å². The molecule has 0 heterocycles. The summed E-state index contributed by atoms with van der Waals surface area (Å²) >= 11 is 0. The minimum Gasteiger partial charge on any atom is -0.489 e. The lowest BCUT2D eigenvalue weighted by atomic mass is 9.85. The number of likely N-dealkylation sites (N-methyl/N-ethyl adjacent to an activating group) is 1. The number of hydrogen-bond acceptors (Lipinski definition) is 7. The fraction of sp³-hybridized carbons (Fsp3) is 0.652. The zero-order valence-electron chi connectivity index (χ0n) is 20.0.